The van der Waals surface area contributed by atoms with Crippen molar-refractivity contribution in [1.82, 2.24) is 0 Å². The minimum absolute atomic E-state index is 0.567. The van der Waals surface area contributed by atoms with Crippen molar-refractivity contribution in [2.75, 3.05) is 0 Å². The summed E-state index contributed by atoms with van der Waals surface area (Å²) in [6.07, 6.45) is 21.1. The molecule has 0 nitrogen and oxygen atoms in total. The lowest BCUT2D eigenvalue weighted by Crippen LogP contribution is -2.12. The lowest BCUT2D eigenvalue weighted by Gasteiger charge is -2.26. The number of hydrogen-bond donors (Lipinski definition) is 0. The van der Waals surface area contributed by atoms with Crippen LogP contribution in [0.5, 0.6) is 0 Å². The Bertz CT molecular complexity index is 838. The van der Waals surface area contributed by atoms with Crippen molar-refractivity contribution in [1.29, 1.82) is 0 Å². The molecule has 0 unspecified atom stereocenters. The van der Waals surface area contributed by atoms with E-state index in [9.17, 15) is 0 Å². The van der Waals surface area contributed by atoms with Gasteiger partial charge in [-0.25, -0.2) is 0 Å². The van der Waals surface area contributed by atoms with E-state index in [1.807, 2.05) is 0 Å². The van der Waals surface area contributed by atoms with Crippen molar-refractivity contribution in [3.05, 3.63) is 70.8 Å². The van der Waals surface area contributed by atoms with Crippen LogP contribution in [0.2, 0.25) is 0 Å². The van der Waals surface area contributed by atoms with Crippen molar-refractivity contribution in [3.8, 4) is 11.8 Å². The van der Waals surface area contributed by atoms with E-state index >= 15 is 0 Å². The van der Waals surface area contributed by atoms with Crippen molar-refractivity contribution in [2.24, 2.45) is 5.92 Å². The molecule has 0 aliphatic heterocycles. The zero-order valence-corrected chi connectivity index (χ0v) is 22.1. The van der Waals surface area contributed by atoms with Gasteiger partial charge in [-0.2, -0.15) is 0 Å². The van der Waals surface area contributed by atoms with E-state index in [4.69, 9.17) is 0 Å². The first-order chi connectivity index (χ1) is 16.8. The molecule has 0 bridgehead atoms. The van der Waals surface area contributed by atoms with E-state index in [2.05, 4.69) is 74.2 Å². The van der Waals surface area contributed by atoms with Crippen molar-refractivity contribution >= 4 is 0 Å². The minimum atomic E-state index is 0.567. The van der Waals surface area contributed by atoms with Crippen molar-refractivity contribution < 1.29 is 0 Å². The summed E-state index contributed by atoms with van der Waals surface area (Å²) in [6, 6.07) is 18.6. The summed E-state index contributed by atoms with van der Waals surface area (Å²) >= 11 is 0. The maximum atomic E-state index is 3.59. The first kappa shape index (κ1) is 26.6. The van der Waals surface area contributed by atoms with E-state index in [0.717, 1.165) is 5.92 Å². The maximum Gasteiger partial charge on any atom is 0.0245 e. The first-order valence-electron chi connectivity index (χ1n) is 14.5. The highest BCUT2D eigenvalue weighted by molar-refractivity contribution is 5.37. The summed E-state index contributed by atoms with van der Waals surface area (Å²) in [7, 11) is 0. The molecule has 1 aliphatic rings. The number of benzene rings is 2. The molecule has 0 heteroatoms. The number of unbranched alkanes of at least 4 members (excludes halogenated alkanes) is 8. The molecule has 0 spiro atoms. The minimum Gasteiger partial charge on any atom is -0.0945 e. The SMILES string of the molecule is CCCCCCCc1ccc(C#C[C@H]2CC[C@H](c3ccc(CCCCCCC)cc3)CC2)cc1. The Morgan fingerprint density at radius 1 is 0.588 bits per heavy atom. The molecule has 0 saturated heterocycles. The quantitative estimate of drug-likeness (QED) is 0.208. The molecule has 3 rings (SSSR count). The summed E-state index contributed by atoms with van der Waals surface area (Å²) in [6.45, 7) is 4.56. The zero-order valence-electron chi connectivity index (χ0n) is 22.1. The normalized spacial score (nSPS) is 17.8. The predicted molar refractivity (Wildman–Crippen MR) is 149 cm³/mol. The summed E-state index contributed by atoms with van der Waals surface area (Å²) in [4.78, 5) is 0. The third-order valence-electron chi connectivity index (χ3n) is 7.69. The molecule has 34 heavy (non-hydrogen) atoms. The fourth-order valence-corrected chi connectivity index (χ4v) is 5.33. The molecule has 184 valence electrons. The van der Waals surface area contributed by atoms with Gasteiger partial charge >= 0.3 is 0 Å². The first-order valence-corrected chi connectivity index (χ1v) is 14.5. The highest BCUT2D eigenvalue weighted by Gasteiger charge is 2.21. The van der Waals surface area contributed by atoms with Crippen LogP contribution in [0.4, 0.5) is 0 Å². The molecule has 0 atom stereocenters. The lowest BCUT2D eigenvalue weighted by atomic mass is 9.78. The Labute approximate surface area is 211 Å². The largest absolute Gasteiger partial charge is 0.0945 e. The van der Waals surface area contributed by atoms with Gasteiger partial charge in [0.2, 0.25) is 0 Å². The Morgan fingerprint density at radius 3 is 1.62 bits per heavy atom. The Hall–Kier alpha value is -2.00. The topological polar surface area (TPSA) is 0 Å². The molecule has 2 aromatic rings. The van der Waals surface area contributed by atoms with Gasteiger partial charge in [0, 0.05) is 11.5 Å². The molecule has 0 N–H and O–H groups in total. The van der Waals surface area contributed by atoms with Gasteiger partial charge < -0.3 is 0 Å². The van der Waals surface area contributed by atoms with Crippen LogP contribution in [0, 0.1) is 17.8 Å². The predicted octanol–water partition coefficient (Wildman–Crippen LogP) is 10.0. The van der Waals surface area contributed by atoms with E-state index in [0.29, 0.717) is 5.92 Å². The number of aryl methyl sites for hydroxylation is 2. The van der Waals surface area contributed by atoms with Gasteiger partial charge in [0.1, 0.15) is 0 Å². The van der Waals surface area contributed by atoms with E-state index in [-0.39, 0.29) is 0 Å². The van der Waals surface area contributed by atoms with Crippen LogP contribution in [0.1, 0.15) is 132 Å². The molecule has 2 aromatic carbocycles. The van der Waals surface area contributed by atoms with Crippen LogP contribution in [0.3, 0.4) is 0 Å². The van der Waals surface area contributed by atoms with Crippen LogP contribution in [-0.2, 0) is 12.8 Å². The molecule has 1 aliphatic carbocycles. The van der Waals surface area contributed by atoms with Gasteiger partial charge in [-0.05, 0) is 86.1 Å². The average molecular weight is 457 g/mol. The molecular weight excluding hydrogens is 408 g/mol. The van der Waals surface area contributed by atoms with Crippen molar-refractivity contribution in [3.63, 3.8) is 0 Å². The summed E-state index contributed by atoms with van der Waals surface area (Å²) in [5.74, 6) is 8.36. The van der Waals surface area contributed by atoms with E-state index in [1.54, 1.807) is 5.56 Å². The molecule has 1 fully saturated rings. The highest BCUT2D eigenvalue weighted by atomic mass is 14.2. The van der Waals surface area contributed by atoms with E-state index < -0.39 is 0 Å². The smallest absolute Gasteiger partial charge is 0.0245 e. The fraction of sp³-hybridized carbons (Fsp3) is 0.588. The molecule has 0 amide bonds. The zero-order chi connectivity index (χ0) is 23.8. The van der Waals surface area contributed by atoms with Crippen LogP contribution >= 0.6 is 0 Å². The molecule has 1 saturated carbocycles. The fourth-order valence-electron chi connectivity index (χ4n) is 5.33. The van der Waals surface area contributed by atoms with E-state index in [1.165, 1.54) is 119 Å². The second-order valence-electron chi connectivity index (χ2n) is 10.6. The lowest BCUT2D eigenvalue weighted by molar-refractivity contribution is 0.384. The highest BCUT2D eigenvalue weighted by Crippen LogP contribution is 2.35. The van der Waals surface area contributed by atoms with Crippen molar-refractivity contribution in [2.45, 2.75) is 122 Å². The molecule has 0 heterocycles. The van der Waals surface area contributed by atoms with Gasteiger partial charge in [-0.15, -0.1) is 0 Å². The summed E-state index contributed by atoms with van der Waals surface area (Å²) in [5.41, 5.74) is 5.71. The van der Waals surface area contributed by atoms with Crippen LogP contribution in [0.25, 0.3) is 0 Å². The number of hydrogen-bond acceptors (Lipinski definition) is 0. The van der Waals surface area contributed by atoms with Crippen LogP contribution in [0.15, 0.2) is 48.5 Å². The third kappa shape index (κ3) is 9.70. The summed E-state index contributed by atoms with van der Waals surface area (Å²) in [5, 5.41) is 0. The van der Waals surface area contributed by atoms with Gasteiger partial charge in [0.25, 0.3) is 0 Å². The molecule has 0 aromatic heterocycles. The maximum absolute atomic E-state index is 3.59. The second-order valence-corrected chi connectivity index (χ2v) is 10.6. The van der Waals surface area contributed by atoms with Gasteiger partial charge in [-0.3, -0.25) is 0 Å². The van der Waals surface area contributed by atoms with Crippen LogP contribution < -0.4 is 0 Å². The Kier molecular flexibility index (Phi) is 12.4. The molecular formula is C34H48. The van der Waals surface area contributed by atoms with Gasteiger partial charge in [0.15, 0.2) is 0 Å². The Morgan fingerprint density at radius 2 is 1.09 bits per heavy atom. The standard InChI is InChI=1S/C34H48/c1-3-5-7-9-11-13-29-15-17-31(18-16-29)19-20-32-23-27-34(28-24-32)33-25-21-30(22-26-33)14-12-10-8-6-4-2/h15-18,21-22,25-26,32,34H,3-14,23-24,27-28H2,1-2H3/t32-,34-. The Balaban J connectivity index is 1.37. The van der Waals surface area contributed by atoms with Crippen LogP contribution in [-0.4, -0.2) is 0 Å². The van der Waals surface area contributed by atoms with Gasteiger partial charge in [0.05, 0.1) is 0 Å². The third-order valence-corrected chi connectivity index (χ3v) is 7.69. The summed E-state index contributed by atoms with van der Waals surface area (Å²) < 4.78 is 0. The van der Waals surface area contributed by atoms with Gasteiger partial charge in [-0.1, -0.05) is 113 Å². The second kappa shape index (κ2) is 15.8. The average Bonchev–Trinajstić information content (AvgIpc) is 2.89. The number of rotatable bonds is 13. The monoisotopic (exact) mass is 456 g/mol. The molecule has 0 radical (unpaired) electrons.